The fourth-order valence-corrected chi connectivity index (χ4v) is 4.25. The molecule has 5 rings (SSSR count). The molecule has 0 fully saturated rings. The van der Waals surface area contributed by atoms with E-state index in [9.17, 15) is 4.79 Å². The number of tetrazole rings is 1. The number of H-pyrrole nitrogens is 1. The van der Waals surface area contributed by atoms with Crippen LogP contribution in [0.15, 0.2) is 70.1 Å². The molecule has 0 amide bonds. The number of hydrogen-bond donors (Lipinski definition) is 1. The highest BCUT2D eigenvalue weighted by atomic mass is 16.5. The van der Waals surface area contributed by atoms with E-state index < -0.39 is 0 Å². The van der Waals surface area contributed by atoms with Crippen LogP contribution >= 0.6 is 0 Å². The van der Waals surface area contributed by atoms with Gasteiger partial charge in [-0.1, -0.05) is 12.1 Å². The van der Waals surface area contributed by atoms with Crippen molar-refractivity contribution in [1.82, 2.24) is 30.1 Å². The largest absolute Gasteiger partial charge is 0.497 e. The molecule has 0 bridgehead atoms. The number of nitrogens with one attached hydrogen (secondary N) is 1. The quantitative estimate of drug-likeness (QED) is 0.338. The third kappa shape index (κ3) is 5.21. The number of ether oxygens (including phenoxy) is 1. The molecule has 9 nitrogen and oxygen atoms in total. The molecule has 0 radical (unpaired) electrons. The van der Waals surface area contributed by atoms with Gasteiger partial charge in [-0.25, -0.2) is 4.68 Å². The summed E-state index contributed by atoms with van der Waals surface area (Å²) in [4.78, 5) is 18.2. The van der Waals surface area contributed by atoms with E-state index in [0.29, 0.717) is 37.6 Å². The predicted octanol–water partition coefficient (Wildman–Crippen LogP) is 3.98. The van der Waals surface area contributed by atoms with Crippen molar-refractivity contribution in [3.05, 3.63) is 105 Å². The number of aryl methyl sites for hydroxylation is 2. The third-order valence-corrected chi connectivity index (χ3v) is 6.35. The van der Waals surface area contributed by atoms with Crippen molar-refractivity contribution >= 4 is 10.9 Å². The van der Waals surface area contributed by atoms with Gasteiger partial charge in [0.15, 0.2) is 5.82 Å². The Balaban J connectivity index is 1.45. The topological polar surface area (TPSA) is 102 Å². The van der Waals surface area contributed by atoms with Crippen LogP contribution in [0.3, 0.4) is 0 Å². The minimum Gasteiger partial charge on any atom is -0.497 e. The zero-order valence-corrected chi connectivity index (χ0v) is 20.6. The third-order valence-electron chi connectivity index (χ3n) is 6.35. The summed E-state index contributed by atoms with van der Waals surface area (Å²) in [5.74, 6) is 2.25. The van der Waals surface area contributed by atoms with Crippen molar-refractivity contribution in [2.75, 3.05) is 7.11 Å². The molecule has 184 valence electrons. The lowest BCUT2D eigenvalue weighted by molar-refractivity contribution is 0.235. The first kappa shape index (κ1) is 23.5. The minimum absolute atomic E-state index is 0.0966. The molecule has 0 spiro atoms. The van der Waals surface area contributed by atoms with E-state index in [-0.39, 0.29) is 5.56 Å². The normalized spacial score (nSPS) is 11.4. The molecule has 1 N–H and O–H groups in total. The fraction of sp³-hybridized carbons (Fsp3) is 0.259. The molecule has 5 aromatic rings. The van der Waals surface area contributed by atoms with Crippen molar-refractivity contribution in [1.29, 1.82) is 0 Å². The number of rotatable bonds is 9. The van der Waals surface area contributed by atoms with Gasteiger partial charge in [-0.2, -0.15) is 0 Å². The van der Waals surface area contributed by atoms with Crippen LogP contribution in [0.2, 0.25) is 0 Å². The second-order valence-electron chi connectivity index (χ2n) is 8.97. The van der Waals surface area contributed by atoms with Crippen LogP contribution in [-0.4, -0.2) is 37.2 Å². The molecular formula is C27H28N6O3. The SMILES string of the molecule is COc1ccc(CN(Cc2cc3cc(C)c(C)cc3[nH]c2=O)Cc2nnnn2Cc2ccco2)cc1. The minimum atomic E-state index is -0.0966. The van der Waals surface area contributed by atoms with E-state index in [4.69, 9.17) is 9.15 Å². The first-order valence-corrected chi connectivity index (χ1v) is 11.7. The van der Waals surface area contributed by atoms with Gasteiger partial charge in [-0.05, 0) is 88.8 Å². The molecule has 0 unspecified atom stereocenters. The number of nitrogens with zero attached hydrogens (tertiary/aromatic N) is 5. The molecule has 36 heavy (non-hydrogen) atoms. The average molecular weight is 485 g/mol. The van der Waals surface area contributed by atoms with Crippen molar-refractivity contribution in [2.24, 2.45) is 0 Å². The van der Waals surface area contributed by atoms with Gasteiger partial charge in [0.05, 0.1) is 19.9 Å². The van der Waals surface area contributed by atoms with Crippen molar-refractivity contribution < 1.29 is 9.15 Å². The molecule has 9 heteroatoms. The highest BCUT2D eigenvalue weighted by Crippen LogP contribution is 2.20. The van der Waals surface area contributed by atoms with E-state index in [1.165, 1.54) is 5.56 Å². The van der Waals surface area contributed by atoms with Crippen molar-refractivity contribution in [3.63, 3.8) is 0 Å². The van der Waals surface area contributed by atoms with E-state index in [0.717, 1.165) is 33.5 Å². The summed E-state index contributed by atoms with van der Waals surface area (Å²) in [5, 5.41) is 13.3. The van der Waals surface area contributed by atoms with Crippen molar-refractivity contribution in [2.45, 2.75) is 40.0 Å². The van der Waals surface area contributed by atoms with Crippen LogP contribution in [-0.2, 0) is 26.2 Å². The number of methoxy groups -OCH3 is 1. The Morgan fingerprint density at radius 1 is 1.03 bits per heavy atom. The summed E-state index contributed by atoms with van der Waals surface area (Å²) in [6.45, 7) is 6.03. The second-order valence-corrected chi connectivity index (χ2v) is 8.97. The summed E-state index contributed by atoms with van der Waals surface area (Å²) < 4.78 is 12.5. The lowest BCUT2D eigenvalue weighted by Gasteiger charge is -2.22. The lowest BCUT2D eigenvalue weighted by Crippen LogP contribution is -2.28. The summed E-state index contributed by atoms with van der Waals surface area (Å²) in [6, 6.07) is 17.8. The number of aromatic nitrogens is 5. The predicted molar refractivity (Wildman–Crippen MR) is 136 cm³/mol. The summed E-state index contributed by atoms with van der Waals surface area (Å²) in [7, 11) is 1.65. The summed E-state index contributed by atoms with van der Waals surface area (Å²) >= 11 is 0. The highest BCUT2D eigenvalue weighted by molar-refractivity contribution is 5.80. The molecule has 2 aromatic carbocycles. The van der Waals surface area contributed by atoms with Gasteiger partial charge in [-0.15, -0.1) is 5.10 Å². The Morgan fingerprint density at radius 3 is 2.58 bits per heavy atom. The molecule has 0 atom stereocenters. The Kier molecular flexibility index (Phi) is 6.64. The maximum atomic E-state index is 13.0. The monoisotopic (exact) mass is 484 g/mol. The van der Waals surface area contributed by atoms with Gasteiger partial charge in [-0.3, -0.25) is 9.69 Å². The number of aromatic amines is 1. The fourth-order valence-electron chi connectivity index (χ4n) is 4.25. The first-order chi connectivity index (χ1) is 17.5. The van der Waals surface area contributed by atoms with Crippen LogP contribution in [0, 0.1) is 13.8 Å². The second kappa shape index (κ2) is 10.2. The Morgan fingerprint density at radius 2 is 1.83 bits per heavy atom. The Bertz CT molecular complexity index is 1520. The number of hydrogen-bond acceptors (Lipinski definition) is 7. The summed E-state index contributed by atoms with van der Waals surface area (Å²) in [5.41, 5.74) is 4.86. The smallest absolute Gasteiger partial charge is 0.252 e. The van der Waals surface area contributed by atoms with Crippen LogP contribution in [0.25, 0.3) is 10.9 Å². The molecule has 0 aliphatic rings. The number of fused-ring (bicyclic) bond motifs is 1. The highest BCUT2D eigenvalue weighted by Gasteiger charge is 2.17. The number of furan rings is 1. The van der Waals surface area contributed by atoms with E-state index in [1.54, 1.807) is 18.1 Å². The molecule has 0 saturated carbocycles. The maximum absolute atomic E-state index is 13.0. The van der Waals surface area contributed by atoms with E-state index >= 15 is 0 Å². The average Bonchev–Trinajstić information content (AvgIpc) is 3.54. The van der Waals surface area contributed by atoms with Gasteiger partial charge in [0.25, 0.3) is 5.56 Å². The van der Waals surface area contributed by atoms with Gasteiger partial charge < -0.3 is 14.1 Å². The Hall–Kier alpha value is -4.24. The van der Waals surface area contributed by atoms with Crippen LogP contribution in [0.5, 0.6) is 5.75 Å². The summed E-state index contributed by atoms with van der Waals surface area (Å²) in [6.07, 6.45) is 1.63. The van der Waals surface area contributed by atoms with Crippen molar-refractivity contribution in [3.8, 4) is 5.75 Å². The van der Waals surface area contributed by atoms with Gasteiger partial charge in [0.1, 0.15) is 18.1 Å². The van der Waals surface area contributed by atoms with E-state index in [2.05, 4.69) is 38.4 Å². The molecule has 3 heterocycles. The Labute approximate surface area is 208 Å². The number of pyridine rings is 1. The van der Waals surface area contributed by atoms with Gasteiger partial charge in [0.2, 0.25) is 0 Å². The van der Waals surface area contributed by atoms with Gasteiger partial charge >= 0.3 is 0 Å². The van der Waals surface area contributed by atoms with Crippen LogP contribution in [0.4, 0.5) is 0 Å². The maximum Gasteiger partial charge on any atom is 0.252 e. The molecule has 0 saturated heterocycles. The molecule has 0 aliphatic heterocycles. The first-order valence-electron chi connectivity index (χ1n) is 11.7. The molecular weight excluding hydrogens is 456 g/mol. The zero-order chi connectivity index (χ0) is 25.1. The van der Waals surface area contributed by atoms with E-state index in [1.807, 2.05) is 55.5 Å². The zero-order valence-electron chi connectivity index (χ0n) is 20.6. The standard InChI is InChI=1S/C27H28N6O3/c1-18-11-21-13-22(27(34)28-25(21)12-19(18)2)15-32(14-20-6-8-23(35-3)9-7-20)17-26-29-30-31-33(26)16-24-5-4-10-36-24/h4-13H,14-17H2,1-3H3,(H,28,34). The van der Waals surface area contributed by atoms with Crippen LogP contribution in [0.1, 0.15) is 33.8 Å². The van der Waals surface area contributed by atoms with Gasteiger partial charge in [0, 0.05) is 24.2 Å². The molecule has 3 aromatic heterocycles. The number of benzene rings is 2. The van der Waals surface area contributed by atoms with Crippen LogP contribution < -0.4 is 10.3 Å². The lowest BCUT2D eigenvalue weighted by atomic mass is 10.0. The molecule has 0 aliphatic carbocycles.